The van der Waals surface area contributed by atoms with Crippen LogP contribution in [0.3, 0.4) is 0 Å². The number of fused-ring (bicyclic) bond motifs is 6. The Morgan fingerprint density at radius 2 is 1.75 bits per heavy atom. The predicted octanol–water partition coefficient (Wildman–Crippen LogP) is 4.21. The molecule has 55 heavy (non-hydrogen) atoms. The van der Waals surface area contributed by atoms with Crippen LogP contribution in [0.5, 0.6) is 11.5 Å². The molecule has 5 N–H and O–H groups in total. The molecule has 3 atom stereocenters. The van der Waals surface area contributed by atoms with Crippen molar-refractivity contribution in [2.45, 2.75) is 83.7 Å². The van der Waals surface area contributed by atoms with Crippen LogP contribution in [-0.4, -0.2) is 58.8 Å². The zero-order valence-corrected chi connectivity index (χ0v) is 30.9. The Balaban J connectivity index is 1.18. The second-order valence-electron chi connectivity index (χ2n) is 14.4. The first-order valence-electron chi connectivity index (χ1n) is 18.5. The lowest BCUT2D eigenvalue weighted by Crippen LogP contribution is -2.55. The van der Waals surface area contributed by atoms with E-state index in [1.54, 1.807) is 47.9 Å². The molecular formula is C40H44N6O9. The second-order valence-corrected chi connectivity index (χ2v) is 14.4. The number of para-hydroxylation sites is 1. The van der Waals surface area contributed by atoms with Crippen LogP contribution in [0.15, 0.2) is 59.4 Å². The third-order valence-electron chi connectivity index (χ3n) is 10.2. The molecule has 288 valence electrons. The summed E-state index contributed by atoms with van der Waals surface area (Å²) in [7, 11) is 0. The Labute approximate surface area is 316 Å². The summed E-state index contributed by atoms with van der Waals surface area (Å²) < 4.78 is 24.4. The minimum Gasteiger partial charge on any atom is -0.457 e. The highest BCUT2D eigenvalue weighted by atomic mass is 16.7. The van der Waals surface area contributed by atoms with Gasteiger partial charge in [0, 0.05) is 28.3 Å². The number of carbonyl (C=O) groups excluding carboxylic acids is 4. The van der Waals surface area contributed by atoms with E-state index in [9.17, 15) is 24.0 Å². The summed E-state index contributed by atoms with van der Waals surface area (Å²) >= 11 is 0. The molecule has 0 fully saturated rings. The SMILES string of the molecule is CC[C@@]1(OC(=O)C(CC(C)C)NC(=O)C(CCCCN)NC(=O)Nc2ccccc2)C(=O)OCc2c1cc1n(c2=O)Cc2cc3cc4c(cc3nc2-1)OCO4. The molecule has 0 aliphatic carbocycles. The number of ether oxygens (including phenoxy) is 4. The lowest BCUT2D eigenvalue weighted by molar-refractivity contribution is -0.191. The molecule has 0 radical (unpaired) electrons. The topological polar surface area (TPSA) is 202 Å². The van der Waals surface area contributed by atoms with E-state index in [1.165, 1.54) is 0 Å². The summed E-state index contributed by atoms with van der Waals surface area (Å²) in [5.74, 6) is -1.23. The van der Waals surface area contributed by atoms with E-state index in [-0.39, 0.29) is 56.3 Å². The third kappa shape index (κ3) is 7.31. The quantitative estimate of drug-likeness (QED) is 0.0992. The average molecular weight is 753 g/mol. The lowest BCUT2D eigenvalue weighted by atomic mass is 9.85. The standard InChI is InChI=1S/C40H44N6O9/c1-4-40(55-37(49)30(14-22(2)3)44-35(47)28(12-8-9-13-41)45-39(51)42-25-10-6-5-7-11-25)27-17-31-34-24(19-46(31)36(48)26(27)20-52-38(40)50)15-23-16-32-33(54-21-53-32)18-29(23)43-34/h5-7,10-11,15-18,22,28,30H,4,8-9,12-14,19-21,41H2,1-3H3,(H,44,47)(H2,42,45,51)/t28?,30?,40-/m0/s1. The molecule has 0 saturated carbocycles. The first-order chi connectivity index (χ1) is 26.5. The van der Waals surface area contributed by atoms with Crippen LogP contribution in [0.1, 0.15) is 69.6 Å². The molecule has 15 nitrogen and oxygen atoms in total. The summed E-state index contributed by atoms with van der Waals surface area (Å²) in [6.07, 6.45) is 1.53. The molecule has 0 saturated heterocycles. The molecule has 15 heteroatoms. The average Bonchev–Trinajstić information content (AvgIpc) is 3.77. The highest BCUT2D eigenvalue weighted by molar-refractivity contribution is 5.95. The number of carbonyl (C=O) groups is 4. The molecule has 3 amide bonds. The number of cyclic esters (lactones) is 1. The van der Waals surface area contributed by atoms with Crippen molar-refractivity contribution in [1.82, 2.24) is 20.2 Å². The van der Waals surface area contributed by atoms with Gasteiger partial charge in [0.2, 0.25) is 18.3 Å². The first-order valence-corrected chi connectivity index (χ1v) is 18.5. The van der Waals surface area contributed by atoms with Crippen LogP contribution in [0.2, 0.25) is 0 Å². The number of aromatic nitrogens is 2. The number of urea groups is 1. The number of amides is 3. The van der Waals surface area contributed by atoms with Gasteiger partial charge in [-0.05, 0) is 74.9 Å². The Kier molecular flexibility index (Phi) is 10.5. The number of hydrogen-bond acceptors (Lipinski definition) is 11. The van der Waals surface area contributed by atoms with E-state index in [1.807, 2.05) is 32.0 Å². The molecule has 0 spiro atoms. The second kappa shape index (κ2) is 15.4. The molecular weight excluding hydrogens is 708 g/mol. The molecule has 4 aromatic rings. The van der Waals surface area contributed by atoms with Gasteiger partial charge >= 0.3 is 18.0 Å². The van der Waals surface area contributed by atoms with Gasteiger partial charge in [0.15, 0.2) is 11.5 Å². The summed E-state index contributed by atoms with van der Waals surface area (Å²) in [6, 6.07) is 13.2. The van der Waals surface area contributed by atoms with Crippen molar-refractivity contribution in [2.75, 3.05) is 18.7 Å². The fourth-order valence-corrected chi connectivity index (χ4v) is 7.34. The Hall–Kier alpha value is -5.96. The zero-order chi connectivity index (χ0) is 38.9. The number of nitrogens with zero attached hydrogens (tertiary/aromatic N) is 2. The summed E-state index contributed by atoms with van der Waals surface area (Å²) in [5.41, 5.74) is 6.71. The molecule has 7 rings (SSSR count). The number of unbranched alkanes of at least 4 members (excludes halogenated alkanes) is 1. The largest absolute Gasteiger partial charge is 0.457 e. The van der Waals surface area contributed by atoms with Gasteiger partial charge in [-0.2, -0.15) is 0 Å². The maximum Gasteiger partial charge on any atom is 0.355 e. The highest BCUT2D eigenvalue weighted by Gasteiger charge is 2.51. The third-order valence-corrected chi connectivity index (χ3v) is 10.2. The predicted molar refractivity (Wildman–Crippen MR) is 201 cm³/mol. The maximum absolute atomic E-state index is 14.2. The normalized spacial score (nSPS) is 17.4. The van der Waals surface area contributed by atoms with Crippen LogP contribution < -0.4 is 36.7 Å². The Morgan fingerprint density at radius 1 is 0.982 bits per heavy atom. The summed E-state index contributed by atoms with van der Waals surface area (Å²) in [6.45, 7) is 5.88. The highest BCUT2D eigenvalue weighted by Crippen LogP contribution is 2.42. The Bertz CT molecular complexity index is 2220. The number of nitrogens with one attached hydrogen (secondary N) is 3. The van der Waals surface area contributed by atoms with E-state index in [0.29, 0.717) is 53.5 Å². The number of benzene rings is 2. The minimum absolute atomic E-state index is 0.0553. The van der Waals surface area contributed by atoms with E-state index >= 15 is 0 Å². The van der Waals surface area contributed by atoms with Crippen molar-refractivity contribution in [3.63, 3.8) is 0 Å². The minimum atomic E-state index is -1.99. The van der Waals surface area contributed by atoms with E-state index in [2.05, 4.69) is 16.0 Å². The van der Waals surface area contributed by atoms with Crippen LogP contribution in [0.4, 0.5) is 10.5 Å². The maximum atomic E-state index is 14.2. The number of anilines is 1. The first kappa shape index (κ1) is 37.4. The lowest BCUT2D eigenvalue weighted by Gasteiger charge is -2.37. The summed E-state index contributed by atoms with van der Waals surface area (Å²) in [4.78, 5) is 73.7. The van der Waals surface area contributed by atoms with E-state index < -0.39 is 47.1 Å². The molecule has 2 aromatic carbocycles. The van der Waals surface area contributed by atoms with Gasteiger partial charge in [0.1, 0.15) is 18.7 Å². The van der Waals surface area contributed by atoms with Gasteiger partial charge in [-0.1, -0.05) is 39.0 Å². The van der Waals surface area contributed by atoms with E-state index in [4.69, 9.17) is 29.7 Å². The van der Waals surface area contributed by atoms with Crippen molar-refractivity contribution in [3.05, 3.63) is 81.6 Å². The molecule has 0 bridgehead atoms. The van der Waals surface area contributed by atoms with Gasteiger partial charge in [0.25, 0.3) is 5.56 Å². The van der Waals surface area contributed by atoms with E-state index in [0.717, 1.165) is 10.9 Å². The van der Waals surface area contributed by atoms with Crippen molar-refractivity contribution >= 4 is 40.5 Å². The molecule has 2 aromatic heterocycles. The number of pyridine rings is 2. The van der Waals surface area contributed by atoms with Gasteiger partial charge in [-0.25, -0.2) is 19.4 Å². The van der Waals surface area contributed by atoms with Crippen LogP contribution in [0, 0.1) is 5.92 Å². The van der Waals surface area contributed by atoms with Crippen molar-refractivity contribution in [3.8, 4) is 22.9 Å². The number of rotatable bonds is 13. The van der Waals surface area contributed by atoms with Crippen molar-refractivity contribution in [1.29, 1.82) is 0 Å². The van der Waals surface area contributed by atoms with Gasteiger partial charge < -0.3 is 45.2 Å². The Morgan fingerprint density at radius 3 is 2.47 bits per heavy atom. The molecule has 3 aliphatic heterocycles. The van der Waals surface area contributed by atoms with Crippen molar-refractivity contribution < 1.29 is 38.1 Å². The monoisotopic (exact) mass is 752 g/mol. The van der Waals surface area contributed by atoms with Crippen molar-refractivity contribution in [2.24, 2.45) is 11.7 Å². The molecule has 5 heterocycles. The number of nitrogens with two attached hydrogens (primary N) is 1. The summed E-state index contributed by atoms with van der Waals surface area (Å²) in [5, 5.41) is 9.03. The number of hydrogen-bond donors (Lipinski definition) is 4. The fraction of sp³-hybridized carbons (Fsp3) is 0.400. The zero-order valence-electron chi connectivity index (χ0n) is 30.9. The molecule has 2 unspecified atom stereocenters. The van der Waals surface area contributed by atoms with Gasteiger partial charge in [0.05, 0.1) is 29.0 Å². The smallest absolute Gasteiger partial charge is 0.355 e. The fourth-order valence-electron chi connectivity index (χ4n) is 7.34. The van der Waals surface area contributed by atoms with Crippen LogP contribution in [-0.2, 0) is 42.6 Å². The number of esters is 2. The van der Waals surface area contributed by atoms with Gasteiger partial charge in [-0.3, -0.25) is 9.59 Å². The molecule has 3 aliphatic rings. The van der Waals surface area contributed by atoms with Crippen LogP contribution >= 0.6 is 0 Å². The van der Waals surface area contributed by atoms with Crippen LogP contribution in [0.25, 0.3) is 22.3 Å². The van der Waals surface area contributed by atoms with Gasteiger partial charge in [-0.15, -0.1) is 0 Å².